The molecular formula is C9H19NO. The number of aliphatic hydroxyl groups is 1. The molecule has 2 heteroatoms. The van der Waals surface area contributed by atoms with Crippen molar-refractivity contribution in [2.24, 2.45) is 11.3 Å². The van der Waals surface area contributed by atoms with Crippen LogP contribution in [0.4, 0.5) is 0 Å². The maximum Gasteiger partial charge on any atom is 0.0597 e. The lowest BCUT2D eigenvalue weighted by molar-refractivity contribution is 0.0201. The van der Waals surface area contributed by atoms with E-state index in [1.807, 2.05) is 0 Å². The molecule has 0 aromatic rings. The normalized spacial score (nSPS) is 33.8. The van der Waals surface area contributed by atoms with Crippen LogP contribution in [-0.2, 0) is 0 Å². The van der Waals surface area contributed by atoms with Crippen LogP contribution in [0.1, 0.15) is 27.2 Å². The topological polar surface area (TPSA) is 32.3 Å². The molecule has 66 valence electrons. The van der Waals surface area contributed by atoms with E-state index in [-0.39, 0.29) is 11.5 Å². The van der Waals surface area contributed by atoms with Gasteiger partial charge in [0.05, 0.1) is 6.10 Å². The van der Waals surface area contributed by atoms with E-state index < -0.39 is 0 Å². The first-order chi connectivity index (χ1) is 5.02. The van der Waals surface area contributed by atoms with Crippen LogP contribution < -0.4 is 5.32 Å². The van der Waals surface area contributed by atoms with Crippen LogP contribution in [0.3, 0.4) is 0 Å². The van der Waals surface area contributed by atoms with Crippen molar-refractivity contribution >= 4 is 0 Å². The molecule has 1 heterocycles. The van der Waals surface area contributed by atoms with Gasteiger partial charge in [-0.25, -0.2) is 0 Å². The highest BCUT2D eigenvalue weighted by atomic mass is 16.3. The van der Waals surface area contributed by atoms with Crippen molar-refractivity contribution < 1.29 is 5.11 Å². The Hall–Kier alpha value is -0.0800. The zero-order chi connectivity index (χ0) is 8.48. The summed E-state index contributed by atoms with van der Waals surface area (Å²) in [5.74, 6) is 0.413. The maximum atomic E-state index is 9.66. The number of nitrogens with one attached hydrogen (secondary N) is 1. The van der Waals surface area contributed by atoms with E-state index in [0.29, 0.717) is 5.92 Å². The summed E-state index contributed by atoms with van der Waals surface area (Å²) in [4.78, 5) is 0. The van der Waals surface area contributed by atoms with E-state index in [4.69, 9.17) is 0 Å². The zero-order valence-corrected chi connectivity index (χ0v) is 7.72. The standard InChI is InChI=1S/C9H19NO/c1-9(2,3)7-6-10-5-4-8(7)11/h7-8,10-11H,4-6H2,1-3H3/t7?,8-/m1/s1. The molecule has 1 saturated heterocycles. The van der Waals surface area contributed by atoms with Crippen molar-refractivity contribution in [3.05, 3.63) is 0 Å². The van der Waals surface area contributed by atoms with E-state index in [2.05, 4.69) is 26.1 Å². The summed E-state index contributed by atoms with van der Waals surface area (Å²) in [5.41, 5.74) is 0.229. The van der Waals surface area contributed by atoms with E-state index in [9.17, 15) is 5.11 Å². The fourth-order valence-electron chi connectivity index (χ4n) is 1.73. The maximum absolute atomic E-state index is 9.66. The van der Waals surface area contributed by atoms with Crippen LogP contribution in [0, 0.1) is 11.3 Å². The van der Waals surface area contributed by atoms with Crippen molar-refractivity contribution in [2.45, 2.75) is 33.3 Å². The van der Waals surface area contributed by atoms with Crippen LogP contribution >= 0.6 is 0 Å². The van der Waals surface area contributed by atoms with Crippen LogP contribution in [0.2, 0.25) is 0 Å². The number of rotatable bonds is 0. The van der Waals surface area contributed by atoms with Gasteiger partial charge in [0.1, 0.15) is 0 Å². The molecule has 1 aliphatic heterocycles. The number of hydrogen-bond acceptors (Lipinski definition) is 2. The Morgan fingerprint density at radius 2 is 2.00 bits per heavy atom. The van der Waals surface area contributed by atoms with Crippen LogP contribution in [-0.4, -0.2) is 24.3 Å². The summed E-state index contributed by atoms with van der Waals surface area (Å²) in [6.07, 6.45) is 0.804. The first kappa shape index (κ1) is 9.01. The highest BCUT2D eigenvalue weighted by molar-refractivity contribution is 4.85. The summed E-state index contributed by atoms with van der Waals surface area (Å²) in [5, 5.41) is 13.0. The molecule has 2 nitrogen and oxygen atoms in total. The highest BCUT2D eigenvalue weighted by Gasteiger charge is 2.32. The van der Waals surface area contributed by atoms with Gasteiger partial charge < -0.3 is 10.4 Å². The summed E-state index contributed by atoms with van der Waals surface area (Å²) >= 11 is 0. The van der Waals surface area contributed by atoms with Crippen LogP contribution in [0.15, 0.2) is 0 Å². The molecule has 1 aliphatic rings. The van der Waals surface area contributed by atoms with Crippen LogP contribution in [0.25, 0.3) is 0 Å². The minimum Gasteiger partial charge on any atom is -0.393 e. The van der Waals surface area contributed by atoms with Crippen molar-refractivity contribution in [2.75, 3.05) is 13.1 Å². The first-order valence-corrected chi connectivity index (χ1v) is 4.40. The molecule has 0 bridgehead atoms. The van der Waals surface area contributed by atoms with Gasteiger partial charge in [0.25, 0.3) is 0 Å². The second-order valence-corrected chi connectivity index (χ2v) is 4.53. The van der Waals surface area contributed by atoms with Crippen molar-refractivity contribution in [1.29, 1.82) is 0 Å². The molecule has 11 heavy (non-hydrogen) atoms. The molecule has 0 aromatic heterocycles. The smallest absolute Gasteiger partial charge is 0.0597 e. The van der Waals surface area contributed by atoms with E-state index in [1.165, 1.54) is 0 Å². The van der Waals surface area contributed by atoms with Crippen molar-refractivity contribution in [3.63, 3.8) is 0 Å². The van der Waals surface area contributed by atoms with Gasteiger partial charge in [-0.15, -0.1) is 0 Å². The van der Waals surface area contributed by atoms with Gasteiger partial charge in [-0.3, -0.25) is 0 Å². The molecule has 1 unspecified atom stereocenters. The Morgan fingerprint density at radius 1 is 1.36 bits per heavy atom. The summed E-state index contributed by atoms with van der Waals surface area (Å²) in [7, 11) is 0. The van der Waals surface area contributed by atoms with Gasteiger partial charge >= 0.3 is 0 Å². The fourth-order valence-corrected chi connectivity index (χ4v) is 1.73. The van der Waals surface area contributed by atoms with E-state index in [0.717, 1.165) is 19.5 Å². The quantitative estimate of drug-likeness (QED) is 0.550. The van der Waals surface area contributed by atoms with Crippen molar-refractivity contribution in [1.82, 2.24) is 5.32 Å². The first-order valence-electron chi connectivity index (χ1n) is 4.40. The van der Waals surface area contributed by atoms with Gasteiger partial charge in [-0.1, -0.05) is 20.8 Å². The molecule has 0 spiro atoms. The third-order valence-corrected chi connectivity index (χ3v) is 2.56. The van der Waals surface area contributed by atoms with Gasteiger partial charge in [-0.2, -0.15) is 0 Å². The number of piperidine rings is 1. The summed E-state index contributed by atoms with van der Waals surface area (Å²) < 4.78 is 0. The number of aliphatic hydroxyl groups excluding tert-OH is 1. The monoisotopic (exact) mass is 157 g/mol. The molecule has 1 rings (SSSR count). The van der Waals surface area contributed by atoms with Gasteiger partial charge in [-0.05, 0) is 18.4 Å². The molecule has 0 saturated carbocycles. The molecule has 0 radical (unpaired) electrons. The van der Waals surface area contributed by atoms with Gasteiger partial charge in [0.2, 0.25) is 0 Å². The van der Waals surface area contributed by atoms with Crippen molar-refractivity contribution in [3.8, 4) is 0 Å². The Morgan fingerprint density at radius 3 is 2.36 bits per heavy atom. The second-order valence-electron chi connectivity index (χ2n) is 4.53. The Bertz CT molecular complexity index is 128. The third kappa shape index (κ3) is 2.17. The average molecular weight is 157 g/mol. The molecule has 0 aromatic carbocycles. The largest absolute Gasteiger partial charge is 0.393 e. The minimum atomic E-state index is -0.101. The Balaban J connectivity index is 2.55. The lowest BCUT2D eigenvalue weighted by Crippen LogP contribution is -2.45. The second kappa shape index (κ2) is 3.11. The summed E-state index contributed by atoms with van der Waals surface area (Å²) in [6.45, 7) is 8.49. The van der Waals surface area contributed by atoms with Gasteiger partial charge in [0, 0.05) is 12.5 Å². The molecule has 2 N–H and O–H groups in total. The SMILES string of the molecule is CC(C)(C)C1CNCC[C@H]1O. The number of hydrogen-bond donors (Lipinski definition) is 2. The third-order valence-electron chi connectivity index (χ3n) is 2.56. The molecule has 0 aliphatic carbocycles. The predicted molar refractivity (Wildman–Crippen MR) is 46.4 cm³/mol. The van der Waals surface area contributed by atoms with Crippen LogP contribution in [0.5, 0.6) is 0 Å². The Labute approximate surface area is 69.0 Å². The van der Waals surface area contributed by atoms with Gasteiger partial charge in [0.15, 0.2) is 0 Å². The van der Waals surface area contributed by atoms with E-state index >= 15 is 0 Å². The molecular weight excluding hydrogens is 138 g/mol. The molecule has 0 amide bonds. The minimum absolute atomic E-state index is 0.101. The van der Waals surface area contributed by atoms with E-state index in [1.54, 1.807) is 0 Å². The zero-order valence-electron chi connectivity index (χ0n) is 7.72. The predicted octanol–water partition coefficient (Wildman–Crippen LogP) is 1.00. The lowest BCUT2D eigenvalue weighted by Gasteiger charge is -2.38. The lowest BCUT2D eigenvalue weighted by atomic mass is 9.75. The molecule has 1 fully saturated rings. The fraction of sp³-hybridized carbons (Fsp3) is 1.00. The molecule has 2 atom stereocenters. The average Bonchev–Trinajstić information content (AvgIpc) is 1.86. The summed E-state index contributed by atoms with van der Waals surface area (Å²) in [6, 6.07) is 0. The highest BCUT2D eigenvalue weighted by Crippen LogP contribution is 2.30. The Kier molecular flexibility index (Phi) is 2.55.